The standard InChI is InChI=1S/C10H13N3O/c1-2-6-14-7-9-12-8-4-3-5-11-10(8)13-9/h3-5H,2,6-7H2,1H3,(H,11,12,13). The fourth-order valence-electron chi connectivity index (χ4n) is 1.28. The van der Waals surface area contributed by atoms with Crippen molar-refractivity contribution in [2.45, 2.75) is 20.0 Å². The molecule has 14 heavy (non-hydrogen) atoms. The van der Waals surface area contributed by atoms with Gasteiger partial charge in [-0.3, -0.25) is 0 Å². The highest BCUT2D eigenvalue weighted by Gasteiger charge is 2.01. The Labute approximate surface area is 82.3 Å². The van der Waals surface area contributed by atoms with Crippen molar-refractivity contribution in [2.75, 3.05) is 6.61 Å². The van der Waals surface area contributed by atoms with Gasteiger partial charge in [0, 0.05) is 12.8 Å². The van der Waals surface area contributed by atoms with Gasteiger partial charge >= 0.3 is 0 Å². The second-order valence-corrected chi connectivity index (χ2v) is 3.11. The molecular formula is C10H13N3O. The number of H-pyrrole nitrogens is 1. The Morgan fingerprint density at radius 3 is 3.21 bits per heavy atom. The molecule has 0 unspecified atom stereocenters. The van der Waals surface area contributed by atoms with Crippen LogP contribution in [-0.4, -0.2) is 21.6 Å². The number of hydrogen-bond donors (Lipinski definition) is 1. The Hall–Kier alpha value is -1.42. The fraction of sp³-hybridized carbons (Fsp3) is 0.400. The zero-order valence-electron chi connectivity index (χ0n) is 8.16. The molecule has 4 nitrogen and oxygen atoms in total. The molecule has 74 valence electrons. The normalized spacial score (nSPS) is 10.9. The Kier molecular flexibility index (Phi) is 2.74. The number of aromatic amines is 1. The Balaban J connectivity index is 2.11. The van der Waals surface area contributed by atoms with Gasteiger partial charge in [0.1, 0.15) is 12.4 Å². The molecule has 0 bridgehead atoms. The van der Waals surface area contributed by atoms with E-state index < -0.39 is 0 Å². The highest BCUT2D eigenvalue weighted by Crippen LogP contribution is 2.07. The van der Waals surface area contributed by atoms with Crippen molar-refractivity contribution in [3.63, 3.8) is 0 Å². The van der Waals surface area contributed by atoms with Crippen LogP contribution in [0.25, 0.3) is 11.2 Å². The molecule has 0 aromatic carbocycles. The third-order valence-corrected chi connectivity index (χ3v) is 1.89. The monoisotopic (exact) mass is 191 g/mol. The topological polar surface area (TPSA) is 50.8 Å². The van der Waals surface area contributed by atoms with Crippen molar-refractivity contribution < 1.29 is 4.74 Å². The summed E-state index contributed by atoms with van der Waals surface area (Å²) in [4.78, 5) is 11.6. The predicted octanol–water partition coefficient (Wildman–Crippen LogP) is 1.88. The Bertz CT molecular complexity index is 377. The van der Waals surface area contributed by atoms with E-state index in [2.05, 4.69) is 21.9 Å². The van der Waals surface area contributed by atoms with Crippen molar-refractivity contribution in [3.8, 4) is 0 Å². The van der Waals surface area contributed by atoms with Crippen LogP contribution < -0.4 is 0 Å². The maximum absolute atomic E-state index is 5.38. The van der Waals surface area contributed by atoms with E-state index >= 15 is 0 Å². The molecule has 0 atom stereocenters. The molecule has 4 heteroatoms. The van der Waals surface area contributed by atoms with E-state index in [1.54, 1.807) is 6.20 Å². The SMILES string of the molecule is CCCOCc1nc2ncccc2[nH]1. The maximum atomic E-state index is 5.38. The van der Waals surface area contributed by atoms with Gasteiger partial charge < -0.3 is 9.72 Å². The predicted molar refractivity (Wildman–Crippen MR) is 53.8 cm³/mol. The third-order valence-electron chi connectivity index (χ3n) is 1.89. The minimum Gasteiger partial charge on any atom is -0.374 e. The van der Waals surface area contributed by atoms with Crippen LogP contribution in [0, 0.1) is 0 Å². The summed E-state index contributed by atoms with van der Waals surface area (Å²) in [6.45, 7) is 3.38. The van der Waals surface area contributed by atoms with E-state index in [4.69, 9.17) is 4.74 Å². The molecule has 0 radical (unpaired) electrons. The highest BCUT2D eigenvalue weighted by molar-refractivity contribution is 5.69. The van der Waals surface area contributed by atoms with Gasteiger partial charge in [-0.2, -0.15) is 0 Å². The molecule has 2 heterocycles. The quantitative estimate of drug-likeness (QED) is 0.751. The second kappa shape index (κ2) is 4.19. The molecule has 0 aliphatic rings. The van der Waals surface area contributed by atoms with Gasteiger partial charge in [0.05, 0.1) is 5.52 Å². The van der Waals surface area contributed by atoms with Crippen molar-refractivity contribution in [2.24, 2.45) is 0 Å². The van der Waals surface area contributed by atoms with E-state index in [-0.39, 0.29) is 0 Å². The van der Waals surface area contributed by atoms with E-state index in [0.717, 1.165) is 30.0 Å². The number of aromatic nitrogens is 3. The van der Waals surface area contributed by atoms with Gasteiger partial charge in [-0.15, -0.1) is 0 Å². The largest absolute Gasteiger partial charge is 0.374 e. The van der Waals surface area contributed by atoms with Gasteiger partial charge in [0.2, 0.25) is 0 Å². The van der Waals surface area contributed by atoms with Crippen molar-refractivity contribution in [1.29, 1.82) is 0 Å². The molecular weight excluding hydrogens is 178 g/mol. The van der Waals surface area contributed by atoms with Crippen LogP contribution in [0.4, 0.5) is 0 Å². The number of fused-ring (bicyclic) bond motifs is 1. The Morgan fingerprint density at radius 2 is 2.43 bits per heavy atom. The van der Waals surface area contributed by atoms with Crippen LogP contribution in [0.15, 0.2) is 18.3 Å². The zero-order valence-corrected chi connectivity index (χ0v) is 8.16. The molecule has 2 aromatic rings. The molecule has 0 saturated carbocycles. The molecule has 1 N–H and O–H groups in total. The number of nitrogens with zero attached hydrogens (tertiary/aromatic N) is 2. The average Bonchev–Trinajstić information content (AvgIpc) is 2.60. The van der Waals surface area contributed by atoms with Crippen LogP contribution in [0.2, 0.25) is 0 Å². The summed E-state index contributed by atoms with van der Waals surface area (Å²) in [5, 5.41) is 0. The zero-order chi connectivity index (χ0) is 9.80. The van der Waals surface area contributed by atoms with Crippen LogP contribution in [0.5, 0.6) is 0 Å². The van der Waals surface area contributed by atoms with E-state index in [0.29, 0.717) is 6.61 Å². The smallest absolute Gasteiger partial charge is 0.177 e. The van der Waals surface area contributed by atoms with Gasteiger partial charge in [-0.25, -0.2) is 9.97 Å². The summed E-state index contributed by atoms with van der Waals surface area (Å²) < 4.78 is 5.38. The van der Waals surface area contributed by atoms with E-state index in [9.17, 15) is 0 Å². The highest BCUT2D eigenvalue weighted by atomic mass is 16.5. The Morgan fingerprint density at radius 1 is 1.50 bits per heavy atom. The molecule has 0 amide bonds. The summed E-state index contributed by atoms with van der Waals surface area (Å²) in [7, 11) is 0. The first kappa shape index (κ1) is 9.15. The van der Waals surface area contributed by atoms with E-state index in [1.165, 1.54) is 0 Å². The summed E-state index contributed by atoms with van der Waals surface area (Å²) in [6, 6.07) is 3.84. The average molecular weight is 191 g/mol. The van der Waals surface area contributed by atoms with Gasteiger partial charge in [0.25, 0.3) is 0 Å². The number of rotatable bonds is 4. The second-order valence-electron chi connectivity index (χ2n) is 3.11. The molecule has 0 aliphatic carbocycles. The van der Waals surface area contributed by atoms with Gasteiger partial charge in [-0.05, 0) is 18.6 Å². The van der Waals surface area contributed by atoms with Crippen molar-refractivity contribution in [1.82, 2.24) is 15.0 Å². The molecule has 0 spiro atoms. The molecule has 2 rings (SSSR count). The van der Waals surface area contributed by atoms with E-state index in [1.807, 2.05) is 12.1 Å². The van der Waals surface area contributed by atoms with Crippen LogP contribution in [-0.2, 0) is 11.3 Å². The summed E-state index contributed by atoms with van der Waals surface area (Å²) >= 11 is 0. The fourth-order valence-corrected chi connectivity index (χ4v) is 1.28. The molecule has 2 aromatic heterocycles. The number of hydrogen-bond acceptors (Lipinski definition) is 3. The maximum Gasteiger partial charge on any atom is 0.177 e. The van der Waals surface area contributed by atoms with Crippen LogP contribution in [0.3, 0.4) is 0 Å². The van der Waals surface area contributed by atoms with Gasteiger partial charge in [-0.1, -0.05) is 6.92 Å². The lowest BCUT2D eigenvalue weighted by atomic mass is 10.4. The number of imidazole rings is 1. The number of nitrogens with one attached hydrogen (secondary N) is 1. The lowest BCUT2D eigenvalue weighted by Crippen LogP contribution is -1.95. The molecule has 0 saturated heterocycles. The van der Waals surface area contributed by atoms with Crippen molar-refractivity contribution >= 4 is 11.2 Å². The molecule has 0 aliphatic heterocycles. The van der Waals surface area contributed by atoms with Gasteiger partial charge in [0.15, 0.2) is 5.65 Å². The first-order valence-corrected chi connectivity index (χ1v) is 4.77. The van der Waals surface area contributed by atoms with Crippen molar-refractivity contribution in [3.05, 3.63) is 24.2 Å². The minimum absolute atomic E-state index is 0.532. The summed E-state index contributed by atoms with van der Waals surface area (Å²) in [6.07, 6.45) is 2.76. The van der Waals surface area contributed by atoms with Crippen LogP contribution in [0.1, 0.15) is 19.2 Å². The lowest BCUT2D eigenvalue weighted by molar-refractivity contribution is 0.117. The van der Waals surface area contributed by atoms with Crippen LogP contribution >= 0.6 is 0 Å². The lowest BCUT2D eigenvalue weighted by Gasteiger charge is -1.97. The number of ether oxygens (including phenoxy) is 1. The first-order valence-electron chi connectivity index (χ1n) is 4.77. The first-order chi connectivity index (χ1) is 6.90. The number of pyridine rings is 1. The summed E-state index contributed by atoms with van der Waals surface area (Å²) in [5.41, 5.74) is 1.71. The third kappa shape index (κ3) is 1.90. The summed E-state index contributed by atoms with van der Waals surface area (Å²) in [5.74, 6) is 0.840. The minimum atomic E-state index is 0.532. The molecule has 0 fully saturated rings.